The summed E-state index contributed by atoms with van der Waals surface area (Å²) in [5.41, 5.74) is 1.53. The van der Waals surface area contributed by atoms with E-state index in [1.165, 1.54) is 82.6 Å². The van der Waals surface area contributed by atoms with Crippen molar-refractivity contribution in [2.24, 2.45) is 11.8 Å². The lowest BCUT2D eigenvalue weighted by atomic mass is 9.75. The maximum Gasteiger partial charge on any atom is -0.0276 e. The average Bonchev–Trinajstić information content (AvgIpc) is 2.56. The summed E-state index contributed by atoms with van der Waals surface area (Å²) in [5.74, 6) is 2.02. The average molecular weight is 287 g/mol. The van der Waals surface area contributed by atoms with Crippen molar-refractivity contribution < 1.29 is 0 Å². The first-order valence-electron chi connectivity index (χ1n) is 9.44. The van der Waals surface area contributed by atoms with E-state index in [2.05, 4.69) is 37.3 Å². The monoisotopic (exact) mass is 286 g/mol. The third-order valence-corrected chi connectivity index (χ3v) is 5.39. The summed E-state index contributed by atoms with van der Waals surface area (Å²) < 4.78 is 0. The Morgan fingerprint density at radius 2 is 1.67 bits per heavy atom. The summed E-state index contributed by atoms with van der Waals surface area (Å²) in [6, 6.07) is 11.1. The molecule has 1 aliphatic rings. The van der Waals surface area contributed by atoms with E-state index >= 15 is 0 Å². The topological polar surface area (TPSA) is 0 Å². The number of aryl methyl sites for hydroxylation is 1. The van der Waals surface area contributed by atoms with Crippen LogP contribution in [0.15, 0.2) is 30.3 Å². The van der Waals surface area contributed by atoms with Crippen LogP contribution in [0.25, 0.3) is 0 Å². The maximum atomic E-state index is 2.31. The molecular formula is C21H34. The minimum absolute atomic E-state index is 0.988. The molecule has 1 fully saturated rings. The molecule has 0 heteroatoms. The normalized spacial score (nSPS) is 17.8. The van der Waals surface area contributed by atoms with Crippen LogP contribution in [0, 0.1) is 11.8 Å². The molecule has 1 unspecified atom stereocenters. The van der Waals surface area contributed by atoms with E-state index in [1.807, 2.05) is 0 Å². The second-order valence-electron chi connectivity index (χ2n) is 7.03. The molecule has 1 aliphatic carbocycles. The summed E-state index contributed by atoms with van der Waals surface area (Å²) >= 11 is 0. The van der Waals surface area contributed by atoms with E-state index in [4.69, 9.17) is 0 Å². The molecule has 0 saturated heterocycles. The first-order chi connectivity index (χ1) is 10.4. The van der Waals surface area contributed by atoms with Gasteiger partial charge >= 0.3 is 0 Å². The van der Waals surface area contributed by atoms with Gasteiger partial charge < -0.3 is 0 Å². The summed E-state index contributed by atoms with van der Waals surface area (Å²) in [6.45, 7) is 2.31. The van der Waals surface area contributed by atoms with E-state index in [1.54, 1.807) is 0 Å². The zero-order valence-electron chi connectivity index (χ0n) is 14.0. The van der Waals surface area contributed by atoms with Gasteiger partial charge in [-0.05, 0) is 30.2 Å². The summed E-state index contributed by atoms with van der Waals surface area (Å²) in [4.78, 5) is 0. The van der Waals surface area contributed by atoms with Crippen LogP contribution in [-0.4, -0.2) is 0 Å². The van der Waals surface area contributed by atoms with Gasteiger partial charge in [-0.3, -0.25) is 0 Å². The summed E-state index contributed by atoms with van der Waals surface area (Å²) in [7, 11) is 0. The van der Waals surface area contributed by atoms with Crippen LogP contribution in [0.5, 0.6) is 0 Å². The van der Waals surface area contributed by atoms with Crippen LogP contribution in [0.2, 0.25) is 0 Å². The van der Waals surface area contributed by atoms with E-state index < -0.39 is 0 Å². The first-order valence-corrected chi connectivity index (χ1v) is 9.44. The predicted molar refractivity (Wildman–Crippen MR) is 93.6 cm³/mol. The van der Waals surface area contributed by atoms with Crippen LogP contribution in [-0.2, 0) is 6.42 Å². The van der Waals surface area contributed by atoms with Crippen LogP contribution < -0.4 is 0 Å². The molecule has 118 valence electrons. The Morgan fingerprint density at radius 3 is 2.38 bits per heavy atom. The van der Waals surface area contributed by atoms with Gasteiger partial charge in [0, 0.05) is 0 Å². The molecule has 0 radical (unpaired) electrons. The minimum Gasteiger partial charge on any atom is -0.0654 e. The Hall–Kier alpha value is -0.780. The highest BCUT2D eigenvalue weighted by molar-refractivity contribution is 5.14. The van der Waals surface area contributed by atoms with Crippen molar-refractivity contribution in [1.29, 1.82) is 0 Å². The molecule has 0 amide bonds. The predicted octanol–water partition coefficient (Wildman–Crippen LogP) is 6.79. The molecule has 21 heavy (non-hydrogen) atoms. The number of hydrogen-bond donors (Lipinski definition) is 0. The lowest BCUT2D eigenvalue weighted by Crippen LogP contribution is -2.19. The number of benzene rings is 1. The molecule has 1 aromatic rings. The highest BCUT2D eigenvalue weighted by Crippen LogP contribution is 2.35. The van der Waals surface area contributed by atoms with Gasteiger partial charge in [0.1, 0.15) is 0 Å². The van der Waals surface area contributed by atoms with Crippen LogP contribution in [0.4, 0.5) is 0 Å². The molecule has 0 N–H and O–H groups in total. The second-order valence-corrected chi connectivity index (χ2v) is 7.03. The maximum absolute atomic E-state index is 2.31. The van der Waals surface area contributed by atoms with Gasteiger partial charge in [0.15, 0.2) is 0 Å². The molecule has 0 spiro atoms. The zero-order chi connectivity index (χ0) is 14.8. The highest BCUT2D eigenvalue weighted by Gasteiger charge is 2.22. The molecule has 0 nitrogen and oxygen atoms in total. The van der Waals surface area contributed by atoms with E-state index in [0.29, 0.717) is 0 Å². The van der Waals surface area contributed by atoms with Crippen LogP contribution in [0.1, 0.15) is 83.1 Å². The summed E-state index contributed by atoms with van der Waals surface area (Å²) in [6.07, 6.45) is 17.4. The summed E-state index contributed by atoms with van der Waals surface area (Å²) in [5, 5.41) is 0. The van der Waals surface area contributed by atoms with Gasteiger partial charge in [0.05, 0.1) is 0 Å². The van der Waals surface area contributed by atoms with E-state index in [0.717, 1.165) is 11.8 Å². The third kappa shape index (κ3) is 6.24. The standard InChI is InChI=1S/C21H34/c1-2-3-4-9-16-21(20-14-10-6-11-15-20)18-17-19-12-7-5-8-13-19/h5,7-8,12-13,20-21H,2-4,6,9-11,14-18H2,1H3. The van der Waals surface area contributed by atoms with Crippen molar-refractivity contribution in [3.63, 3.8) is 0 Å². The lowest BCUT2D eigenvalue weighted by molar-refractivity contribution is 0.220. The molecule has 1 saturated carbocycles. The van der Waals surface area contributed by atoms with Crippen molar-refractivity contribution in [1.82, 2.24) is 0 Å². The minimum atomic E-state index is 0.988. The number of unbranched alkanes of at least 4 members (excludes halogenated alkanes) is 3. The van der Waals surface area contributed by atoms with Gasteiger partial charge in [-0.25, -0.2) is 0 Å². The molecule has 1 atom stereocenters. The molecule has 0 aromatic heterocycles. The first kappa shape index (κ1) is 16.6. The third-order valence-electron chi connectivity index (χ3n) is 5.39. The fourth-order valence-corrected chi connectivity index (χ4v) is 4.05. The quantitative estimate of drug-likeness (QED) is 0.439. The fraction of sp³-hybridized carbons (Fsp3) is 0.714. The SMILES string of the molecule is CCCCCCC(CCc1ccccc1)C1CCCCC1. The lowest BCUT2D eigenvalue weighted by Gasteiger charge is -2.30. The smallest absolute Gasteiger partial charge is 0.0276 e. The van der Waals surface area contributed by atoms with Gasteiger partial charge in [-0.15, -0.1) is 0 Å². The largest absolute Gasteiger partial charge is 0.0654 e. The Bertz CT molecular complexity index is 348. The Morgan fingerprint density at radius 1 is 0.905 bits per heavy atom. The molecule has 0 aliphatic heterocycles. The fourth-order valence-electron chi connectivity index (χ4n) is 4.05. The zero-order valence-corrected chi connectivity index (χ0v) is 14.0. The van der Waals surface area contributed by atoms with Gasteiger partial charge in [-0.2, -0.15) is 0 Å². The molecular weight excluding hydrogens is 252 g/mol. The number of rotatable bonds is 9. The van der Waals surface area contributed by atoms with Crippen molar-refractivity contribution in [3.8, 4) is 0 Å². The van der Waals surface area contributed by atoms with Crippen molar-refractivity contribution in [2.75, 3.05) is 0 Å². The molecule has 1 aromatic carbocycles. The highest BCUT2D eigenvalue weighted by atomic mass is 14.3. The van der Waals surface area contributed by atoms with Crippen LogP contribution >= 0.6 is 0 Å². The van der Waals surface area contributed by atoms with Crippen molar-refractivity contribution in [3.05, 3.63) is 35.9 Å². The van der Waals surface area contributed by atoms with Gasteiger partial charge in [0.25, 0.3) is 0 Å². The Labute approximate surface area is 132 Å². The van der Waals surface area contributed by atoms with E-state index in [-0.39, 0.29) is 0 Å². The van der Waals surface area contributed by atoms with E-state index in [9.17, 15) is 0 Å². The Kier molecular flexibility index (Phi) is 7.92. The molecule has 0 bridgehead atoms. The van der Waals surface area contributed by atoms with Crippen molar-refractivity contribution >= 4 is 0 Å². The second kappa shape index (κ2) is 10.0. The van der Waals surface area contributed by atoms with Gasteiger partial charge in [0.2, 0.25) is 0 Å². The van der Waals surface area contributed by atoms with Crippen molar-refractivity contribution in [2.45, 2.75) is 84.0 Å². The Balaban J connectivity index is 1.81. The molecule has 0 heterocycles. The van der Waals surface area contributed by atoms with Gasteiger partial charge in [-0.1, -0.05) is 101 Å². The van der Waals surface area contributed by atoms with Crippen LogP contribution in [0.3, 0.4) is 0 Å². The number of hydrogen-bond acceptors (Lipinski definition) is 0. The molecule has 2 rings (SSSR count).